The van der Waals surface area contributed by atoms with Crippen LogP contribution in [0.5, 0.6) is 0 Å². The number of piperazine rings is 1. The molecular weight excluding hydrogens is 326 g/mol. The fraction of sp³-hybridized carbons (Fsp3) is 0.529. The molecule has 0 aliphatic carbocycles. The first-order chi connectivity index (χ1) is 11.7. The Morgan fingerprint density at radius 2 is 2.21 bits per heavy atom. The molecule has 0 saturated carbocycles. The van der Waals surface area contributed by atoms with E-state index < -0.39 is 0 Å². The molecule has 0 spiro atoms. The molecule has 2 aromatic heterocycles. The minimum Gasteiger partial charge on any atom is -0.472 e. The number of nitrogens with zero attached hydrogens (tertiary/aromatic N) is 3. The Kier molecular flexibility index (Phi) is 5.65. The van der Waals surface area contributed by atoms with Gasteiger partial charge in [-0.3, -0.25) is 9.69 Å². The topological polar surface area (TPSA) is 69.8 Å². The quantitative estimate of drug-likeness (QED) is 0.862. The molecule has 3 heterocycles. The van der Waals surface area contributed by atoms with E-state index in [1.807, 2.05) is 16.3 Å². The first-order valence-corrected chi connectivity index (χ1v) is 9.19. The summed E-state index contributed by atoms with van der Waals surface area (Å²) in [7, 11) is 0. The van der Waals surface area contributed by atoms with E-state index in [-0.39, 0.29) is 18.6 Å². The van der Waals surface area contributed by atoms with E-state index >= 15 is 0 Å². The number of hydrogen-bond acceptors (Lipinski definition) is 6. The molecule has 0 aromatic carbocycles. The Morgan fingerprint density at radius 3 is 2.83 bits per heavy atom. The second-order valence-corrected chi connectivity index (χ2v) is 6.85. The van der Waals surface area contributed by atoms with Gasteiger partial charge in [-0.2, -0.15) is 0 Å². The van der Waals surface area contributed by atoms with Gasteiger partial charge in [0.15, 0.2) is 0 Å². The molecule has 1 amide bonds. The van der Waals surface area contributed by atoms with Gasteiger partial charge in [0.2, 0.25) is 5.91 Å². The first kappa shape index (κ1) is 17.1. The van der Waals surface area contributed by atoms with Crippen LogP contribution in [-0.2, 0) is 11.2 Å². The third-order valence-electron chi connectivity index (χ3n) is 4.52. The van der Waals surface area contributed by atoms with Gasteiger partial charge in [-0.1, -0.05) is 6.92 Å². The van der Waals surface area contributed by atoms with E-state index in [1.54, 1.807) is 12.5 Å². The minimum absolute atomic E-state index is 0.121. The zero-order valence-electron chi connectivity index (χ0n) is 13.9. The van der Waals surface area contributed by atoms with Crippen LogP contribution in [0.3, 0.4) is 0 Å². The lowest BCUT2D eigenvalue weighted by molar-refractivity contribution is -0.132. The number of carbonyl (C=O) groups is 1. The molecule has 130 valence electrons. The molecule has 1 N–H and O–H groups in total. The predicted octanol–water partition coefficient (Wildman–Crippen LogP) is 1.86. The number of rotatable bonds is 6. The number of carbonyl (C=O) groups excluding carboxylic acids is 1. The maximum atomic E-state index is 12.5. The van der Waals surface area contributed by atoms with Gasteiger partial charge in [-0.25, -0.2) is 4.98 Å². The van der Waals surface area contributed by atoms with Crippen LogP contribution in [0.1, 0.15) is 19.0 Å². The van der Waals surface area contributed by atoms with Crippen LogP contribution in [0.15, 0.2) is 28.4 Å². The molecule has 1 aliphatic rings. The van der Waals surface area contributed by atoms with Gasteiger partial charge in [0.25, 0.3) is 0 Å². The Hall–Kier alpha value is -1.70. The summed E-state index contributed by atoms with van der Waals surface area (Å²) in [5.74, 6) is 0.121. The molecule has 3 rings (SSSR count). The monoisotopic (exact) mass is 349 g/mol. The molecule has 1 fully saturated rings. The number of aliphatic hydroxyl groups is 1. The van der Waals surface area contributed by atoms with Crippen molar-refractivity contribution in [3.63, 3.8) is 0 Å². The highest BCUT2D eigenvalue weighted by Gasteiger charge is 2.25. The fourth-order valence-corrected chi connectivity index (χ4v) is 3.82. The van der Waals surface area contributed by atoms with Crippen molar-refractivity contribution in [2.45, 2.75) is 25.8 Å². The van der Waals surface area contributed by atoms with Crippen molar-refractivity contribution in [1.29, 1.82) is 0 Å². The molecule has 7 heteroatoms. The second kappa shape index (κ2) is 7.92. The lowest BCUT2D eigenvalue weighted by Gasteiger charge is -2.38. The van der Waals surface area contributed by atoms with Gasteiger partial charge in [-0.05, 0) is 12.5 Å². The van der Waals surface area contributed by atoms with E-state index in [0.717, 1.165) is 35.8 Å². The number of amides is 1. The summed E-state index contributed by atoms with van der Waals surface area (Å²) in [5, 5.41) is 12.2. The van der Waals surface area contributed by atoms with Crippen LogP contribution in [0.25, 0.3) is 10.6 Å². The Labute approximate surface area is 145 Å². The van der Waals surface area contributed by atoms with Crippen LogP contribution < -0.4 is 0 Å². The van der Waals surface area contributed by atoms with Gasteiger partial charge < -0.3 is 14.4 Å². The molecule has 2 aromatic rings. The maximum absolute atomic E-state index is 12.5. The zero-order valence-corrected chi connectivity index (χ0v) is 14.7. The average Bonchev–Trinajstić information content (AvgIpc) is 3.28. The normalized spacial score (nSPS) is 17.2. The molecule has 1 saturated heterocycles. The van der Waals surface area contributed by atoms with E-state index in [0.29, 0.717) is 19.5 Å². The highest BCUT2D eigenvalue weighted by atomic mass is 32.1. The van der Waals surface area contributed by atoms with Gasteiger partial charge in [0.05, 0.1) is 25.0 Å². The van der Waals surface area contributed by atoms with Crippen LogP contribution >= 0.6 is 11.3 Å². The summed E-state index contributed by atoms with van der Waals surface area (Å²) in [6.45, 7) is 5.34. The van der Waals surface area contributed by atoms with Gasteiger partial charge in [0.1, 0.15) is 11.3 Å². The number of aliphatic hydroxyl groups excluding tert-OH is 1. The van der Waals surface area contributed by atoms with Crippen LogP contribution in [-0.4, -0.2) is 64.6 Å². The molecule has 1 aliphatic heterocycles. The van der Waals surface area contributed by atoms with Crippen LogP contribution in [0.2, 0.25) is 0 Å². The third-order valence-corrected chi connectivity index (χ3v) is 5.46. The van der Waals surface area contributed by atoms with Crippen molar-refractivity contribution in [2.75, 3.05) is 32.8 Å². The second-order valence-electron chi connectivity index (χ2n) is 5.99. The number of thiazole rings is 1. The first-order valence-electron chi connectivity index (χ1n) is 8.31. The summed E-state index contributed by atoms with van der Waals surface area (Å²) >= 11 is 1.53. The van der Waals surface area contributed by atoms with Gasteiger partial charge >= 0.3 is 0 Å². The largest absolute Gasteiger partial charge is 0.472 e. The standard InChI is InChI=1S/C17H23N3O3S/c1-2-15(10-21)19-4-6-20(7-5-19)16(22)9-14-12-24-17(18-14)13-3-8-23-11-13/h3,8,11-12,15,21H,2,4-7,9-10H2,1H3. The highest BCUT2D eigenvalue weighted by Crippen LogP contribution is 2.24. The molecule has 24 heavy (non-hydrogen) atoms. The molecule has 1 atom stereocenters. The third kappa shape index (κ3) is 3.85. The smallest absolute Gasteiger partial charge is 0.228 e. The average molecular weight is 349 g/mol. The van der Waals surface area contributed by atoms with Crippen molar-refractivity contribution in [3.05, 3.63) is 29.7 Å². The Bertz CT molecular complexity index is 644. The molecule has 6 nitrogen and oxygen atoms in total. The fourth-order valence-electron chi connectivity index (χ4n) is 3.01. The molecule has 1 unspecified atom stereocenters. The lowest BCUT2D eigenvalue weighted by Crippen LogP contribution is -2.53. The van der Waals surface area contributed by atoms with E-state index in [4.69, 9.17) is 4.42 Å². The molecular formula is C17H23N3O3S. The van der Waals surface area contributed by atoms with Crippen molar-refractivity contribution >= 4 is 17.2 Å². The summed E-state index contributed by atoms with van der Waals surface area (Å²) < 4.78 is 5.07. The zero-order chi connectivity index (χ0) is 16.9. The Morgan fingerprint density at radius 1 is 1.42 bits per heavy atom. The summed E-state index contributed by atoms with van der Waals surface area (Å²) in [6.07, 6.45) is 4.55. The summed E-state index contributed by atoms with van der Waals surface area (Å²) in [5.41, 5.74) is 1.76. The van der Waals surface area contributed by atoms with Crippen molar-refractivity contribution < 1.29 is 14.3 Å². The van der Waals surface area contributed by atoms with Gasteiger partial charge in [0, 0.05) is 43.2 Å². The van der Waals surface area contributed by atoms with Crippen molar-refractivity contribution in [3.8, 4) is 10.6 Å². The maximum Gasteiger partial charge on any atom is 0.228 e. The van der Waals surface area contributed by atoms with Crippen LogP contribution in [0, 0.1) is 0 Å². The van der Waals surface area contributed by atoms with Gasteiger partial charge in [-0.15, -0.1) is 11.3 Å². The van der Waals surface area contributed by atoms with E-state index in [9.17, 15) is 9.90 Å². The summed E-state index contributed by atoms with van der Waals surface area (Å²) in [6, 6.07) is 2.08. The SMILES string of the molecule is CCC(CO)N1CCN(C(=O)Cc2csc(-c3ccoc3)n2)CC1. The van der Waals surface area contributed by atoms with Crippen LogP contribution in [0.4, 0.5) is 0 Å². The summed E-state index contributed by atoms with van der Waals surface area (Å²) in [4.78, 5) is 21.2. The minimum atomic E-state index is 0.121. The molecule has 0 bridgehead atoms. The predicted molar refractivity (Wildman–Crippen MR) is 92.8 cm³/mol. The van der Waals surface area contributed by atoms with E-state index in [1.165, 1.54) is 11.3 Å². The lowest BCUT2D eigenvalue weighted by atomic mass is 10.1. The van der Waals surface area contributed by atoms with Crippen molar-refractivity contribution in [1.82, 2.24) is 14.8 Å². The molecule has 0 radical (unpaired) electrons. The number of furan rings is 1. The number of aromatic nitrogens is 1. The van der Waals surface area contributed by atoms with E-state index in [2.05, 4.69) is 16.8 Å². The highest BCUT2D eigenvalue weighted by molar-refractivity contribution is 7.13. The number of hydrogen-bond donors (Lipinski definition) is 1. The van der Waals surface area contributed by atoms with Crippen molar-refractivity contribution in [2.24, 2.45) is 0 Å². The Balaban J connectivity index is 1.53.